The second kappa shape index (κ2) is 6.23. The minimum absolute atomic E-state index is 0.0809. The van der Waals surface area contributed by atoms with E-state index in [9.17, 15) is 8.42 Å². The summed E-state index contributed by atoms with van der Waals surface area (Å²) in [5.74, 6) is 0.596. The van der Waals surface area contributed by atoms with E-state index in [0.29, 0.717) is 25.1 Å². The fourth-order valence-electron chi connectivity index (χ4n) is 2.25. The normalized spacial score (nSPS) is 20.5. The molecular formula is C13H19N3O3S. The number of rotatable bonds is 3. The van der Waals surface area contributed by atoms with E-state index in [-0.39, 0.29) is 17.3 Å². The molecule has 0 aromatic heterocycles. The van der Waals surface area contributed by atoms with E-state index in [1.807, 2.05) is 12.1 Å². The Hall–Kier alpha value is -1.60. The van der Waals surface area contributed by atoms with Gasteiger partial charge in [-0.1, -0.05) is 29.4 Å². The lowest BCUT2D eigenvalue weighted by Crippen LogP contribution is -2.26. The molecular weight excluding hydrogens is 278 g/mol. The molecule has 20 heavy (non-hydrogen) atoms. The molecule has 1 aromatic rings. The highest BCUT2D eigenvalue weighted by atomic mass is 32.2. The minimum atomic E-state index is -2.87. The topological polar surface area (TPSA) is 96.0 Å². The molecule has 0 atom stereocenters. The fourth-order valence-corrected chi connectivity index (χ4v) is 3.55. The summed E-state index contributed by atoms with van der Waals surface area (Å²) in [4.78, 5) is 2.14. The van der Waals surface area contributed by atoms with Gasteiger partial charge in [0.05, 0.1) is 11.5 Å². The largest absolute Gasteiger partial charge is 0.409 e. The summed E-state index contributed by atoms with van der Waals surface area (Å²) in [6.45, 7) is 2.08. The van der Waals surface area contributed by atoms with Crippen LogP contribution < -0.4 is 5.73 Å². The molecule has 1 fully saturated rings. The third-order valence-corrected chi connectivity index (χ3v) is 5.13. The van der Waals surface area contributed by atoms with E-state index in [1.165, 1.54) is 0 Å². The predicted octanol–water partition coefficient (Wildman–Crippen LogP) is 0.402. The maximum Gasteiger partial charge on any atom is 0.170 e. The number of hydrogen-bond acceptors (Lipinski definition) is 5. The van der Waals surface area contributed by atoms with Crippen LogP contribution in [0.3, 0.4) is 0 Å². The lowest BCUT2D eigenvalue weighted by atomic mass is 10.1. The molecule has 1 aromatic carbocycles. The monoisotopic (exact) mass is 297 g/mol. The smallest absolute Gasteiger partial charge is 0.170 e. The van der Waals surface area contributed by atoms with Crippen LogP contribution in [-0.4, -0.2) is 49.0 Å². The average molecular weight is 297 g/mol. The first kappa shape index (κ1) is 14.8. The van der Waals surface area contributed by atoms with Crippen molar-refractivity contribution < 1.29 is 13.6 Å². The van der Waals surface area contributed by atoms with Crippen LogP contribution in [0.1, 0.15) is 17.5 Å². The zero-order valence-corrected chi connectivity index (χ0v) is 12.0. The number of nitrogens with zero attached hydrogens (tertiary/aromatic N) is 2. The first-order valence-electron chi connectivity index (χ1n) is 6.50. The van der Waals surface area contributed by atoms with Gasteiger partial charge >= 0.3 is 0 Å². The number of nitrogens with two attached hydrogens (primary N) is 1. The Balaban J connectivity index is 2.00. The second-order valence-electron chi connectivity index (χ2n) is 4.96. The van der Waals surface area contributed by atoms with Crippen LogP contribution in [0, 0.1) is 0 Å². The van der Waals surface area contributed by atoms with Crippen LogP contribution in [0.15, 0.2) is 29.4 Å². The Kier molecular flexibility index (Phi) is 4.61. The van der Waals surface area contributed by atoms with Gasteiger partial charge in [0.25, 0.3) is 0 Å². The molecule has 0 spiro atoms. The molecule has 0 aliphatic carbocycles. The summed E-state index contributed by atoms with van der Waals surface area (Å²) in [6.07, 6.45) is 0.685. The summed E-state index contributed by atoms with van der Waals surface area (Å²) in [6, 6.07) is 7.40. The first-order chi connectivity index (χ1) is 9.50. The lowest BCUT2D eigenvalue weighted by molar-refractivity contribution is 0.287. The summed E-state index contributed by atoms with van der Waals surface area (Å²) in [7, 11) is -2.87. The summed E-state index contributed by atoms with van der Waals surface area (Å²) < 4.78 is 23.1. The quantitative estimate of drug-likeness (QED) is 0.364. The standard InChI is InChI=1S/C13H19N3O3S/c14-13(15-17)12-4-2-11(3-5-12)10-16-6-1-8-20(18,19)9-7-16/h2-5,17H,1,6-10H2,(H2,14,15). The van der Waals surface area contributed by atoms with Gasteiger partial charge in [0.15, 0.2) is 15.7 Å². The maximum atomic E-state index is 11.5. The van der Waals surface area contributed by atoms with Gasteiger partial charge in [-0.3, -0.25) is 4.90 Å². The van der Waals surface area contributed by atoms with E-state index in [1.54, 1.807) is 12.1 Å². The molecule has 1 aliphatic heterocycles. The molecule has 1 saturated heterocycles. The Morgan fingerprint density at radius 2 is 1.95 bits per heavy atom. The first-order valence-corrected chi connectivity index (χ1v) is 8.32. The van der Waals surface area contributed by atoms with Crippen molar-refractivity contribution in [2.24, 2.45) is 10.9 Å². The van der Waals surface area contributed by atoms with Gasteiger partial charge in [-0.05, 0) is 18.5 Å². The number of oxime groups is 1. The Morgan fingerprint density at radius 1 is 1.25 bits per heavy atom. The third kappa shape index (κ3) is 3.94. The van der Waals surface area contributed by atoms with Crippen molar-refractivity contribution in [1.29, 1.82) is 0 Å². The van der Waals surface area contributed by atoms with E-state index in [0.717, 1.165) is 12.1 Å². The summed E-state index contributed by atoms with van der Waals surface area (Å²) in [5, 5.41) is 11.5. The van der Waals surface area contributed by atoms with E-state index < -0.39 is 9.84 Å². The number of amidine groups is 1. The maximum absolute atomic E-state index is 11.5. The highest BCUT2D eigenvalue weighted by Gasteiger charge is 2.18. The second-order valence-corrected chi connectivity index (χ2v) is 7.27. The summed E-state index contributed by atoms with van der Waals surface area (Å²) >= 11 is 0. The molecule has 0 unspecified atom stereocenters. The van der Waals surface area contributed by atoms with Crippen LogP contribution in [0.4, 0.5) is 0 Å². The molecule has 3 N–H and O–H groups in total. The van der Waals surface area contributed by atoms with E-state index in [2.05, 4.69) is 10.1 Å². The van der Waals surface area contributed by atoms with E-state index in [4.69, 9.17) is 10.9 Å². The molecule has 0 radical (unpaired) electrons. The van der Waals surface area contributed by atoms with Crippen molar-refractivity contribution in [3.63, 3.8) is 0 Å². The molecule has 0 bridgehead atoms. The molecule has 7 heteroatoms. The van der Waals surface area contributed by atoms with Crippen LogP contribution in [0.2, 0.25) is 0 Å². The van der Waals surface area contributed by atoms with Gasteiger partial charge < -0.3 is 10.9 Å². The van der Waals surface area contributed by atoms with Crippen molar-refractivity contribution >= 4 is 15.7 Å². The Morgan fingerprint density at radius 3 is 2.60 bits per heavy atom. The summed E-state index contributed by atoms with van der Waals surface area (Å²) in [5.41, 5.74) is 7.25. The van der Waals surface area contributed by atoms with Gasteiger partial charge in [-0.15, -0.1) is 0 Å². The van der Waals surface area contributed by atoms with Crippen LogP contribution in [-0.2, 0) is 16.4 Å². The van der Waals surface area contributed by atoms with Crippen molar-refractivity contribution in [2.45, 2.75) is 13.0 Å². The van der Waals surface area contributed by atoms with Crippen LogP contribution >= 0.6 is 0 Å². The van der Waals surface area contributed by atoms with Gasteiger partial charge in [0, 0.05) is 18.7 Å². The highest BCUT2D eigenvalue weighted by Crippen LogP contribution is 2.11. The Labute approximate surface area is 118 Å². The van der Waals surface area contributed by atoms with Crippen LogP contribution in [0.5, 0.6) is 0 Å². The van der Waals surface area contributed by atoms with Gasteiger partial charge in [0.1, 0.15) is 0 Å². The zero-order valence-electron chi connectivity index (χ0n) is 11.2. The molecule has 1 aliphatic rings. The SMILES string of the molecule is N/C(=N/O)c1ccc(CN2CCCS(=O)(=O)CC2)cc1. The van der Waals surface area contributed by atoms with Gasteiger partial charge in [-0.25, -0.2) is 8.42 Å². The van der Waals surface area contributed by atoms with Crippen molar-refractivity contribution in [1.82, 2.24) is 4.90 Å². The van der Waals surface area contributed by atoms with Crippen molar-refractivity contribution in [3.8, 4) is 0 Å². The van der Waals surface area contributed by atoms with E-state index >= 15 is 0 Å². The van der Waals surface area contributed by atoms with Crippen LogP contribution in [0.25, 0.3) is 0 Å². The predicted molar refractivity (Wildman–Crippen MR) is 77.5 cm³/mol. The number of hydrogen-bond donors (Lipinski definition) is 2. The van der Waals surface area contributed by atoms with Crippen molar-refractivity contribution in [2.75, 3.05) is 24.6 Å². The third-order valence-electron chi connectivity index (χ3n) is 3.41. The fraction of sp³-hybridized carbons (Fsp3) is 0.462. The van der Waals surface area contributed by atoms with Gasteiger partial charge in [-0.2, -0.15) is 0 Å². The molecule has 6 nitrogen and oxygen atoms in total. The lowest BCUT2D eigenvalue weighted by Gasteiger charge is -2.19. The molecule has 1 heterocycles. The molecule has 2 rings (SSSR count). The number of benzene rings is 1. The van der Waals surface area contributed by atoms with Crippen molar-refractivity contribution in [3.05, 3.63) is 35.4 Å². The number of sulfone groups is 1. The molecule has 0 amide bonds. The minimum Gasteiger partial charge on any atom is -0.409 e. The highest BCUT2D eigenvalue weighted by molar-refractivity contribution is 7.91. The zero-order chi connectivity index (χ0) is 14.6. The molecule has 0 saturated carbocycles. The average Bonchev–Trinajstić information content (AvgIpc) is 2.60. The van der Waals surface area contributed by atoms with Gasteiger partial charge in [0.2, 0.25) is 0 Å². The Bertz CT molecular complexity index is 581. The molecule has 110 valence electrons.